The molecular weight excluding hydrogens is 186 g/mol. The molecule has 1 aliphatic rings. The Bertz CT molecular complexity index is 287. The van der Waals surface area contributed by atoms with Gasteiger partial charge in [-0.1, -0.05) is 13.3 Å². The van der Waals surface area contributed by atoms with Crippen molar-refractivity contribution in [2.24, 2.45) is 0 Å². The van der Waals surface area contributed by atoms with Crippen LogP contribution >= 0.6 is 0 Å². The van der Waals surface area contributed by atoms with Gasteiger partial charge in [0.1, 0.15) is 0 Å². The number of piperidine rings is 1. The fourth-order valence-corrected chi connectivity index (χ4v) is 2.14. The van der Waals surface area contributed by atoms with E-state index in [1.54, 1.807) is 0 Å². The topological polar surface area (TPSA) is 21.1 Å². The van der Waals surface area contributed by atoms with Crippen LogP contribution in [0.1, 0.15) is 31.9 Å². The summed E-state index contributed by atoms with van der Waals surface area (Å²) < 4.78 is 2.08. The summed E-state index contributed by atoms with van der Waals surface area (Å²) >= 11 is 0. The Labute approximate surface area is 92.1 Å². The highest BCUT2D eigenvalue weighted by Gasteiger charge is 2.09. The number of aryl methyl sites for hydroxylation is 1. The number of hydrogen-bond donors (Lipinski definition) is 0. The molecule has 0 bridgehead atoms. The summed E-state index contributed by atoms with van der Waals surface area (Å²) in [5, 5.41) is 4.50. The van der Waals surface area contributed by atoms with Gasteiger partial charge in [-0.2, -0.15) is 5.10 Å². The smallest absolute Gasteiger partial charge is 0.0621 e. The molecule has 1 aliphatic heterocycles. The molecule has 1 saturated heterocycles. The molecule has 0 spiro atoms. The van der Waals surface area contributed by atoms with Gasteiger partial charge in [-0.25, -0.2) is 0 Å². The summed E-state index contributed by atoms with van der Waals surface area (Å²) in [6.07, 6.45) is 7.30. The maximum atomic E-state index is 4.50. The molecule has 84 valence electrons. The molecule has 1 aromatic rings. The number of rotatable bonds is 4. The van der Waals surface area contributed by atoms with Gasteiger partial charge in [-0.05, 0) is 38.4 Å². The van der Waals surface area contributed by atoms with Crippen molar-refractivity contribution in [1.29, 1.82) is 0 Å². The van der Waals surface area contributed by atoms with Crippen molar-refractivity contribution in [3.05, 3.63) is 18.0 Å². The van der Waals surface area contributed by atoms with Gasteiger partial charge in [-0.15, -0.1) is 0 Å². The summed E-state index contributed by atoms with van der Waals surface area (Å²) in [4.78, 5) is 2.55. The van der Waals surface area contributed by atoms with Gasteiger partial charge in [0, 0.05) is 12.7 Å². The van der Waals surface area contributed by atoms with Crippen LogP contribution in [0.15, 0.2) is 12.3 Å². The maximum Gasteiger partial charge on any atom is 0.0621 e. The van der Waals surface area contributed by atoms with Crippen LogP contribution in [-0.2, 0) is 13.0 Å². The summed E-state index contributed by atoms with van der Waals surface area (Å²) in [5.74, 6) is 0. The molecule has 0 atom stereocenters. The zero-order chi connectivity index (χ0) is 10.5. The molecule has 0 N–H and O–H groups in total. The third kappa shape index (κ3) is 3.06. The van der Waals surface area contributed by atoms with E-state index in [1.807, 2.05) is 0 Å². The lowest BCUT2D eigenvalue weighted by Crippen LogP contribution is -2.32. The van der Waals surface area contributed by atoms with Gasteiger partial charge in [0.2, 0.25) is 0 Å². The lowest BCUT2D eigenvalue weighted by Gasteiger charge is -2.26. The van der Waals surface area contributed by atoms with Gasteiger partial charge < -0.3 is 4.90 Å². The first-order valence-electron chi connectivity index (χ1n) is 6.13. The van der Waals surface area contributed by atoms with E-state index < -0.39 is 0 Å². The van der Waals surface area contributed by atoms with E-state index in [4.69, 9.17) is 0 Å². The molecule has 0 unspecified atom stereocenters. The molecule has 0 amide bonds. The molecule has 0 saturated carbocycles. The van der Waals surface area contributed by atoms with Gasteiger partial charge in [0.15, 0.2) is 0 Å². The predicted molar refractivity (Wildman–Crippen MR) is 61.9 cm³/mol. The van der Waals surface area contributed by atoms with Crippen LogP contribution in [-0.4, -0.2) is 34.3 Å². The van der Waals surface area contributed by atoms with Crippen LogP contribution in [0.25, 0.3) is 0 Å². The Balaban J connectivity index is 1.76. The average Bonchev–Trinajstić information content (AvgIpc) is 2.76. The van der Waals surface area contributed by atoms with Gasteiger partial charge in [0.25, 0.3) is 0 Å². The summed E-state index contributed by atoms with van der Waals surface area (Å²) in [6, 6.07) is 2.12. The van der Waals surface area contributed by atoms with Crippen molar-refractivity contribution in [3.63, 3.8) is 0 Å². The first-order valence-corrected chi connectivity index (χ1v) is 6.13. The highest BCUT2D eigenvalue weighted by Crippen LogP contribution is 2.08. The van der Waals surface area contributed by atoms with Crippen molar-refractivity contribution in [3.8, 4) is 0 Å². The molecule has 0 radical (unpaired) electrons. The first kappa shape index (κ1) is 10.7. The molecular formula is C12H21N3. The molecule has 3 nitrogen and oxygen atoms in total. The zero-order valence-corrected chi connectivity index (χ0v) is 9.65. The Morgan fingerprint density at radius 3 is 2.67 bits per heavy atom. The Kier molecular flexibility index (Phi) is 3.78. The average molecular weight is 207 g/mol. The van der Waals surface area contributed by atoms with E-state index in [0.29, 0.717) is 0 Å². The van der Waals surface area contributed by atoms with Crippen molar-refractivity contribution in [2.45, 2.75) is 39.2 Å². The number of hydrogen-bond acceptors (Lipinski definition) is 2. The van der Waals surface area contributed by atoms with Crippen LogP contribution in [0.2, 0.25) is 0 Å². The number of likely N-dealkylation sites (tertiary alicyclic amines) is 1. The van der Waals surface area contributed by atoms with Crippen molar-refractivity contribution in [1.82, 2.24) is 14.7 Å². The van der Waals surface area contributed by atoms with Crippen LogP contribution in [0.4, 0.5) is 0 Å². The summed E-state index contributed by atoms with van der Waals surface area (Å²) in [5.41, 5.74) is 1.20. The Morgan fingerprint density at radius 1 is 1.20 bits per heavy atom. The van der Waals surface area contributed by atoms with E-state index in [-0.39, 0.29) is 0 Å². The van der Waals surface area contributed by atoms with Gasteiger partial charge >= 0.3 is 0 Å². The monoisotopic (exact) mass is 207 g/mol. The summed E-state index contributed by atoms with van der Waals surface area (Å²) in [6.45, 7) is 6.91. The maximum absolute atomic E-state index is 4.50. The number of aromatic nitrogens is 2. The third-order valence-electron chi connectivity index (χ3n) is 3.15. The predicted octanol–water partition coefficient (Wildman–Crippen LogP) is 1.93. The van der Waals surface area contributed by atoms with Crippen LogP contribution in [0.3, 0.4) is 0 Å². The lowest BCUT2D eigenvalue weighted by atomic mass is 10.1. The van der Waals surface area contributed by atoms with Crippen LogP contribution in [0.5, 0.6) is 0 Å². The Hall–Kier alpha value is -0.830. The van der Waals surface area contributed by atoms with E-state index in [2.05, 4.69) is 33.9 Å². The molecule has 1 aromatic heterocycles. The van der Waals surface area contributed by atoms with Crippen molar-refractivity contribution >= 4 is 0 Å². The fraction of sp³-hybridized carbons (Fsp3) is 0.750. The number of nitrogens with zero attached hydrogens (tertiary/aromatic N) is 3. The summed E-state index contributed by atoms with van der Waals surface area (Å²) in [7, 11) is 0. The lowest BCUT2D eigenvalue weighted by molar-refractivity contribution is 0.218. The minimum absolute atomic E-state index is 1.04. The van der Waals surface area contributed by atoms with Gasteiger partial charge in [0.05, 0.1) is 12.2 Å². The highest BCUT2D eigenvalue weighted by atomic mass is 15.3. The first-order chi connectivity index (χ1) is 7.38. The second kappa shape index (κ2) is 5.31. The molecule has 3 heteroatoms. The SMILES string of the molecule is CCc1ccn(CCN2CCCCC2)n1. The molecule has 0 aliphatic carbocycles. The molecule has 2 heterocycles. The molecule has 0 aromatic carbocycles. The second-order valence-corrected chi connectivity index (χ2v) is 4.33. The minimum Gasteiger partial charge on any atom is -0.301 e. The molecule has 1 fully saturated rings. The van der Waals surface area contributed by atoms with E-state index >= 15 is 0 Å². The normalized spacial score (nSPS) is 18.2. The fourth-order valence-electron chi connectivity index (χ4n) is 2.14. The van der Waals surface area contributed by atoms with E-state index in [1.165, 1.54) is 38.0 Å². The zero-order valence-electron chi connectivity index (χ0n) is 9.65. The Morgan fingerprint density at radius 2 is 2.00 bits per heavy atom. The highest BCUT2D eigenvalue weighted by molar-refractivity contribution is 4.97. The molecule has 15 heavy (non-hydrogen) atoms. The van der Waals surface area contributed by atoms with E-state index in [0.717, 1.165) is 19.5 Å². The second-order valence-electron chi connectivity index (χ2n) is 4.33. The molecule has 2 rings (SSSR count). The largest absolute Gasteiger partial charge is 0.301 e. The van der Waals surface area contributed by atoms with Crippen LogP contribution < -0.4 is 0 Å². The van der Waals surface area contributed by atoms with E-state index in [9.17, 15) is 0 Å². The third-order valence-corrected chi connectivity index (χ3v) is 3.15. The van der Waals surface area contributed by atoms with Crippen molar-refractivity contribution < 1.29 is 0 Å². The van der Waals surface area contributed by atoms with Crippen molar-refractivity contribution in [2.75, 3.05) is 19.6 Å². The van der Waals surface area contributed by atoms with Crippen LogP contribution in [0, 0.1) is 0 Å². The van der Waals surface area contributed by atoms with Gasteiger partial charge in [-0.3, -0.25) is 4.68 Å². The quantitative estimate of drug-likeness (QED) is 0.752. The minimum atomic E-state index is 1.04. The standard InChI is InChI=1S/C12H21N3/c1-2-12-6-9-15(13-12)11-10-14-7-4-3-5-8-14/h6,9H,2-5,7-8,10-11H2,1H3.